The van der Waals surface area contributed by atoms with E-state index in [4.69, 9.17) is 46.0 Å². The molecule has 13 heteroatoms. The maximum Gasteiger partial charge on any atom is 3.00 e. The molecule has 0 saturated heterocycles. The van der Waals surface area contributed by atoms with Gasteiger partial charge in [0.15, 0.2) is 0 Å². The minimum atomic E-state index is -1.75. The van der Waals surface area contributed by atoms with Crippen LogP contribution in [0.2, 0.25) is 0 Å². The van der Waals surface area contributed by atoms with E-state index in [0.717, 1.165) is 0 Å². The minimum Gasteiger partial charge on any atom is -0.356 e. The van der Waals surface area contributed by atoms with Gasteiger partial charge in [0.05, 0.1) is 15.3 Å². The zero-order valence-corrected chi connectivity index (χ0v) is 6.36. The Balaban J connectivity index is -0.0000000450. The molecule has 0 fully saturated rings. The van der Waals surface area contributed by atoms with Gasteiger partial charge in [-0.2, -0.15) is 0 Å². The molecule has 0 aromatic carbocycles. The monoisotopic (exact) mass is 217 g/mol. The van der Waals surface area contributed by atoms with Crippen molar-refractivity contribution in [3.8, 4) is 0 Å². The van der Waals surface area contributed by atoms with E-state index in [1.54, 1.807) is 0 Å². The fourth-order valence-corrected chi connectivity index (χ4v) is 0. The van der Waals surface area contributed by atoms with Gasteiger partial charge in [-0.3, -0.25) is 0 Å². The third kappa shape index (κ3) is 167. The van der Waals surface area contributed by atoms with Crippen molar-refractivity contribution in [3.05, 3.63) is 46.0 Å². The van der Waals surface area contributed by atoms with Crippen LogP contribution in [0.4, 0.5) is 0 Å². The Morgan fingerprint density at radius 2 is 0.538 bits per heavy atom. The Kier molecular flexibility index (Phi) is 28.6. The van der Waals surface area contributed by atoms with Gasteiger partial charge in [-0.1, -0.05) is 0 Å². The number of hydrogen-bond acceptors (Lipinski definition) is 9. The summed E-state index contributed by atoms with van der Waals surface area (Å²) in [6, 6.07) is 0. The van der Waals surface area contributed by atoms with Crippen LogP contribution in [0.1, 0.15) is 0 Å². The van der Waals surface area contributed by atoms with Gasteiger partial charge in [0.2, 0.25) is 0 Å². The minimum absolute atomic E-state index is 0. The first-order valence-electron chi connectivity index (χ1n) is 1.64. The number of hydrogen-bond donors (Lipinski definition) is 0. The molecule has 0 amide bonds. The van der Waals surface area contributed by atoms with Crippen LogP contribution >= 0.6 is 9.90 Å². The molecule has 0 atom stereocenters. The summed E-state index contributed by atoms with van der Waals surface area (Å²) in [7, 11) is 0. The molecule has 2 radical (unpaired) electrons. The van der Waals surface area contributed by atoms with Crippen molar-refractivity contribution in [1.82, 2.24) is 0 Å². The van der Waals surface area contributed by atoms with Crippen LogP contribution in [-0.2, 0) is 0 Å². The van der Waals surface area contributed by atoms with E-state index in [9.17, 15) is 0 Å². The first-order chi connectivity index (χ1) is 5.20. The van der Waals surface area contributed by atoms with Crippen LogP contribution in [0.25, 0.3) is 0 Å². The van der Waals surface area contributed by atoms with Crippen molar-refractivity contribution >= 4 is 9.90 Å². The first kappa shape index (κ1) is 22.5. The van der Waals surface area contributed by atoms with Crippen LogP contribution < -0.4 is 0 Å². The quantitative estimate of drug-likeness (QED) is 0.307. The van der Waals surface area contributed by atoms with Crippen molar-refractivity contribution in [3.63, 3.8) is 0 Å². The maximum atomic E-state index is 8.25. The van der Waals surface area contributed by atoms with E-state index in [0.29, 0.717) is 0 Å². The van der Waals surface area contributed by atoms with Crippen LogP contribution in [0.5, 0.6) is 0 Å². The van der Waals surface area contributed by atoms with E-state index in [2.05, 4.69) is 0 Å². The summed E-state index contributed by atoms with van der Waals surface area (Å²) in [5, 5.41) is 44.2. The standard InChI is InChI=1S/3NO3.P/c3*2-1(3)4;/q3*-1;+3. The molecule has 0 spiro atoms. The van der Waals surface area contributed by atoms with E-state index in [-0.39, 0.29) is 9.90 Å². The van der Waals surface area contributed by atoms with Gasteiger partial charge < -0.3 is 46.0 Å². The van der Waals surface area contributed by atoms with E-state index in [1.165, 1.54) is 0 Å². The van der Waals surface area contributed by atoms with Gasteiger partial charge in [0, 0.05) is 0 Å². The van der Waals surface area contributed by atoms with E-state index in [1.807, 2.05) is 0 Å². The van der Waals surface area contributed by atoms with Gasteiger partial charge in [0.25, 0.3) is 0 Å². The Morgan fingerprint density at radius 3 is 0.538 bits per heavy atom. The maximum absolute atomic E-state index is 8.25. The molecule has 0 heterocycles. The average molecular weight is 217 g/mol. The Bertz CT molecular complexity index is 112. The van der Waals surface area contributed by atoms with Crippen LogP contribution in [-0.4, -0.2) is 15.3 Å². The van der Waals surface area contributed by atoms with Crippen LogP contribution in [0, 0.1) is 46.0 Å². The number of nitrogens with zero attached hydrogens (tertiary/aromatic N) is 3. The molecule has 74 valence electrons. The summed E-state index contributed by atoms with van der Waals surface area (Å²) >= 11 is 0. The summed E-state index contributed by atoms with van der Waals surface area (Å²) in [6.07, 6.45) is 0. The second kappa shape index (κ2) is 16.5. The Morgan fingerprint density at radius 1 is 0.538 bits per heavy atom. The fourth-order valence-electron chi connectivity index (χ4n) is 0. The van der Waals surface area contributed by atoms with Gasteiger partial charge in [-0.15, -0.1) is 0 Å². The molecule has 0 N–H and O–H groups in total. The second-order valence-electron chi connectivity index (χ2n) is 0.671. The molecule has 0 aromatic heterocycles. The zero-order valence-electron chi connectivity index (χ0n) is 5.46. The molecule has 0 aromatic rings. The molecule has 13 heavy (non-hydrogen) atoms. The summed E-state index contributed by atoms with van der Waals surface area (Å²) in [5.41, 5.74) is 0. The van der Waals surface area contributed by atoms with Crippen molar-refractivity contribution in [2.75, 3.05) is 0 Å². The van der Waals surface area contributed by atoms with Gasteiger partial charge in [-0.05, 0) is 0 Å². The van der Waals surface area contributed by atoms with Gasteiger partial charge in [0.1, 0.15) is 0 Å². The molecule has 12 nitrogen and oxygen atoms in total. The first-order valence-corrected chi connectivity index (χ1v) is 1.64. The summed E-state index contributed by atoms with van der Waals surface area (Å²) < 4.78 is 0. The van der Waals surface area contributed by atoms with Crippen LogP contribution in [0.3, 0.4) is 0 Å². The average Bonchev–Trinajstić information content (AvgIpc) is 1.54. The zero-order chi connectivity index (χ0) is 10.7. The third-order valence-electron chi connectivity index (χ3n) is 0. The normalized spacial score (nSPS) is 5.54. The van der Waals surface area contributed by atoms with Crippen molar-refractivity contribution in [1.29, 1.82) is 0 Å². The predicted molar refractivity (Wildman–Crippen MR) is 38.0 cm³/mol. The SMILES string of the molecule is O=[N+]([O-])[O-].O=[N+]([O-])[O-].O=[N+]([O-])[O-].[P+3]. The molecule has 0 aliphatic heterocycles. The Labute approximate surface area is 72.3 Å². The van der Waals surface area contributed by atoms with Gasteiger partial charge >= 0.3 is 9.90 Å². The van der Waals surface area contributed by atoms with Gasteiger partial charge in [-0.25, -0.2) is 0 Å². The summed E-state index contributed by atoms with van der Waals surface area (Å²) in [6.45, 7) is 0. The van der Waals surface area contributed by atoms with Crippen molar-refractivity contribution in [2.24, 2.45) is 0 Å². The molecule has 0 bridgehead atoms. The molecule has 0 unspecified atom stereocenters. The molecular formula is N3O9P. The molecule has 0 aliphatic rings. The number of rotatable bonds is 0. The molecule has 0 aliphatic carbocycles. The van der Waals surface area contributed by atoms with Crippen molar-refractivity contribution < 1.29 is 15.3 Å². The van der Waals surface area contributed by atoms with E-state index >= 15 is 0 Å². The predicted octanol–water partition coefficient (Wildman–Crippen LogP) is 0.144. The molecule has 0 rings (SSSR count). The second-order valence-corrected chi connectivity index (χ2v) is 0.671. The van der Waals surface area contributed by atoms with Crippen molar-refractivity contribution in [2.45, 2.75) is 0 Å². The van der Waals surface area contributed by atoms with E-state index < -0.39 is 15.3 Å². The molecular weight excluding hydrogens is 217 g/mol. The van der Waals surface area contributed by atoms with Crippen LogP contribution in [0.15, 0.2) is 0 Å². The Hall–Kier alpha value is -1.97. The summed E-state index contributed by atoms with van der Waals surface area (Å²) in [5.74, 6) is 0. The fraction of sp³-hybridized carbons (Fsp3) is 0. The largest absolute Gasteiger partial charge is 3.00 e. The molecule has 0 saturated carbocycles. The topological polar surface area (TPSA) is 199 Å². The third-order valence-corrected chi connectivity index (χ3v) is 0. The summed E-state index contributed by atoms with van der Waals surface area (Å²) in [4.78, 5) is 24.8. The smallest absolute Gasteiger partial charge is 0.356 e.